The fourth-order valence-corrected chi connectivity index (χ4v) is 4.78. The zero-order valence-electron chi connectivity index (χ0n) is 14.5. The summed E-state index contributed by atoms with van der Waals surface area (Å²) in [5.41, 5.74) is 4.41. The second-order valence-electron chi connectivity index (χ2n) is 7.68. The molecule has 1 aromatic heterocycles. The lowest BCUT2D eigenvalue weighted by Crippen LogP contribution is -2.08. The molecule has 0 aliphatic carbocycles. The maximum Gasteiger partial charge on any atom is 0.0433 e. The Labute approximate surface area is 147 Å². The first kappa shape index (κ1) is 15.4. The molecule has 4 aromatic rings. The van der Waals surface area contributed by atoms with E-state index in [2.05, 4.69) is 87.5 Å². The molecule has 0 unspecified atom stereocenters. The van der Waals surface area contributed by atoms with Crippen molar-refractivity contribution in [3.63, 3.8) is 0 Å². The van der Waals surface area contributed by atoms with Crippen molar-refractivity contribution in [1.82, 2.24) is 0 Å². The molecule has 0 aliphatic rings. The highest BCUT2D eigenvalue weighted by atomic mass is 32.1. The van der Waals surface area contributed by atoms with Gasteiger partial charge in [0.1, 0.15) is 0 Å². The molecule has 0 amide bonds. The Morgan fingerprint density at radius 2 is 1.38 bits per heavy atom. The minimum Gasteiger partial charge on any atom is -0.134 e. The predicted octanol–water partition coefficient (Wildman–Crippen LogP) is 7.31. The van der Waals surface area contributed by atoms with E-state index >= 15 is 0 Å². The summed E-state index contributed by atoms with van der Waals surface area (Å²) < 4.78 is 2.85. The third-order valence-electron chi connectivity index (χ3n) is 4.41. The standard InChI is InChI=1S/C23H22S/c1-23(2,3)15-17-11-7-13-19-20-14-8-12-18(22(20)24-21(17)19)16-9-5-4-6-10-16/h4-14H,15H2,1-3H3. The molecule has 0 N–H and O–H groups in total. The summed E-state index contributed by atoms with van der Waals surface area (Å²) in [6.07, 6.45) is 1.11. The quantitative estimate of drug-likeness (QED) is 0.361. The van der Waals surface area contributed by atoms with E-state index in [0.717, 1.165) is 6.42 Å². The highest BCUT2D eigenvalue weighted by Gasteiger charge is 2.16. The summed E-state index contributed by atoms with van der Waals surface area (Å²) in [7, 11) is 0. The first-order valence-electron chi connectivity index (χ1n) is 8.51. The van der Waals surface area contributed by atoms with Gasteiger partial charge in [-0.25, -0.2) is 0 Å². The summed E-state index contributed by atoms with van der Waals surface area (Å²) in [6, 6.07) is 24.2. The van der Waals surface area contributed by atoms with Gasteiger partial charge in [-0.3, -0.25) is 0 Å². The van der Waals surface area contributed by atoms with Crippen molar-refractivity contribution in [2.24, 2.45) is 5.41 Å². The van der Waals surface area contributed by atoms with Crippen LogP contribution in [0.5, 0.6) is 0 Å². The van der Waals surface area contributed by atoms with Crippen LogP contribution in [0.3, 0.4) is 0 Å². The number of hydrogen-bond acceptors (Lipinski definition) is 1. The average molecular weight is 330 g/mol. The third-order valence-corrected chi connectivity index (χ3v) is 5.74. The minimum absolute atomic E-state index is 0.298. The van der Waals surface area contributed by atoms with E-state index in [4.69, 9.17) is 0 Å². The van der Waals surface area contributed by atoms with Gasteiger partial charge in [-0.05, 0) is 28.5 Å². The molecular formula is C23H22S. The minimum atomic E-state index is 0.298. The smallest absolute Gasteiger partial charge is 0.0433 e. The first-order chi connectivity index (χ1) is 11.5. The van der Waals surface area contributed by atoms with Crippen molar-refractivity contribution in [3.8, 4) is 11.1 Å². The molecule has 0 aliphatic heterocycles. The van der Waals surface area contributed by atoms with Crippen LogP contribution >= 0.6 is 11.3 Å². The van der Waals surface area contributed by atoms with Gasteiger partial charge in [0.05, 0.1) is 0 Å². The Balaban J connectivity index is 2.00. The maximum absolute atomic E-state index is 2.31. The number of fused-ring (bicyclic) bond motifs is 3. The van der Waals surface area contributed by atoms with Gasteiger partial charge < -0.3 is 0 Å². The summed E-state index contributed by atoms with van der Waals surface area (Å²) in [5, 5.41) is 2.78. The van der Waals surface area contributed by atoms with Gasteiger partial charge >= 0.3 is 0 Å². The van der Waals surface area contributed by atoms with Crippen LogP contribution in [0.2, 0.25) is 0 Å². The second-order valence-corrected chi connectivity index (χ2v) is 8.70. The maximum atomic E-state index is 2.31. The molecule has 3 aromatic carbocycles. The van der Waals surface area contributed by atoms with Crippen LogP contribution in [0.4, 0.5) is 0 Å². The second kappa shape index (κ2) is 5.75. The summed E-state index contributed by atoms with van der Waals surface area (Å²) in [4.78, 5) is 0. The summed E-state index contributed by atoms with van der Waals surface area (Å²) in [5.74, 6) is 0. The van der Waals surface area contributed by atoms with Crippen LogP contribution in [-0.2, 0) is 6.42 Å². The van der Waals surface area contributed by atoms with E-state index in [0.29, 0.717) is 5.41 Å². The molecule has 0 saturated carbocycles. The summed E-state index contributed by atoms with van der Waals surface area (Å²) >= 11 is 1.95. The molecule has 0 atom stereocenters. The third kappa shape index (κ3) is 2.74. The van der Waals surface area contributed by atoms with Crippen LogP contribution < -0.4 is 0 Å². The number of thiophene rings is 1. The average Bonchev–Trinajstić information content (AvgIpc) is 2.94. The van der Waals surface area contributed by atoms with E-state index in [-0.39, 0.29) is 0 Å². The number of rotatable bonds is 2. The topological polar surface area (TPSA) is 0 Å². The van der Waals surface area contributed by atoms with Gasteiger partial charge in [0.2, 0.25) is 0 Å². The van der Waals surface area contributed by atoms with Crippen molar-refractivity contribution >= 4 is 31.5 Å². The fraction of sp³-hybridized carbons (Fsp3) is 0.217. The van der Waals surface area contributed by atoms with Gasteiger partial charge in [0.15, 0.2) is 0 Å². The monoisotopic (exact) mass is 330 g/mol. The number of benzene rings is 3. The molecular weight excluding hydrogens is 308 g/mol. The van der Waals surface area contributed by atoms with E-state index in [1.165, 1.54) is 36.9 Å². The van der Waals surface area contributed by atoms with E-state index in [1.807, 2.05) is 11.3 Å². The van der Waals surface area contributed by atoms with Crippen LogP contribution in [0.25, 0.3) is 31.3 Å². The van der Waals surface area contributed by atoms with Crippen molar-refractivity contribution in [1.29, 1.82) is 0 Å². The highest BCUT2D eigenvalue weighted by Crippen LogP contribution is 2.42. The molecule has 0 radical (unpaired) electrons. The van der Waals surface area contributed by atoms with E-state index in [1.54, 1.807) is 0 Å². The lowest BCUT2D eigenvalue weighted by atomic mass is 9.88. The SMILES string of the molecule is CC(C)(C)Cc1cccc2c1sc1c(-c3ccccc3)cccc12. The van der Waals surface area contributed by atoms with Gasteiger partial charge in [-0.1, -0.05) is 87.5 Å². The highest BCUT2D eigenvalue weighted by molar-refractivity contribution is 7.26. The molecule has 4 rings (SSSR count). The molecule has 0 saturated heterocycles. The molecule has 1 heteroatoms. The van der Waals surface area contributed by atoms with Gasteiger partial charge in [0, 0.05) is 20.2 Å². The Kier molecular flexibility index (Phi) is 3.69. The lowest BCUT2D eigenvalue weighted by molar-refractivity contribution is 0.413. The molecule has 0 bridgehead atoms. The van der Waals surface area contributed by atoms with Crippen LogP contribution in [-0.4, -0.2) is 0 Å². The first-order valence-corrected chi connectivity index (χ1v) is 9.33. The molecule has 0 spiro atoms. The molecule has 24 heavy (non-hydrogen) atoms. The van der Waals surface area contributed by atoms with Crippen LogP contribution in [0.15, 0.2) is 66.7 Å². The van der Waals surface area contributed by atoms with Gasteiger partial charge in [0.25, 0.3) is 0 Å². The zero-order chi connectivity index (χ0) is 16.7. The Bertz CT molecular complexity index is 1000. The molecule has 0 nitrogen and oxygen atoms in total. The van der Waals surface area contributed by atoms with Gasteiger partial charge in [-0.2, -0.15) is 0 Å². The van der Waals surface area contributed by atoms with Gasteiger partial charge in [-0.15, -0.1) is 11.3 Å². The van der Waals surface area contributed by atoms with E-state index in [9.17, 15) is 0 Å². The largest absolute Gasteiger partial charge is 0.134 e. The lowest BCUT2D eigenvalue weighted by Gasteiger charge is -2.18. The summed E-state index contributed by atoms with van der Waals surface area (Å²) in [6.45, 7) is 6.94. The Hall–Kier alpha value is -2.12. The van der Waals surface area contributed by atoms with Crippen molar-refractivity contribution in [3.05, 3.63) is 72.3 Å². The van der Waals surface area contributed by atoms with Crippen molar-refractivity contribution in [2.45, 2.75) is 27.2 Å². The van der Waals surface area contributed by atoms with Crippen molar-refractivity contribution < 1.29 is 0 Å². The van der Waals surface area contributed by atoms with Crippen LogP contribution in [0, 0.1) is 5.41 Å². The molecule has 1 heterocycles. The normalized spacial score (nSPS) is 12.1. The van der Waals surface area contributed by atoms with E-state index < -0.39 is 0 Å². The Morgan fingerprint density at radius 3 is 2.08 bits per heavy atom. The fourth-order valence-electron chi connectivity index (χ4n) is 3.43. The van der Waals surface area contributed by atoms with Crippen LogP contribution in [0.1, 0.15) is 26.3 Å². The Morgan fingerprint density at radius 1 is 0.708 bits per heavy atom. The number of hydrogen-bond donors (Lipinski definition) is 0. The molecule has 120 valence electrons. The molecule has 0 fully saturated rings. The van der Waals surface area contributed by atoms with Crippen molar-refractivity contribution in [2.75, 3.05) is 0 Å². The zero-order valence-corrected chi connectivity index (χ0v) is 15.3. The predicted molar refractivity (Wildman–Crippen MR) is 108 cm³/mol.